The SMILES string of the molecule is CCOC(=O)C1=C(N=C=Nc2ccc(Cl)cc2)OC2=C(C(=O)CC(C)(C)C2)C1c1cccc([N+](=O)[O-])c1. The molecule has 0 radical (unpaired) electrons. The molecule has 1 unspecified atom stereocenters. The number of hydrogen-bond donors (Lipinski definition) is 0. The van der Waals surface area contributed by atoms with Crippen molar-refractivity contribution in [1.82, 2.24) is 0 Å². The summed E-state index contributed by atoms with van der Waals surface area (Å²) < 4.78 is 11.4. The first kappa shape index (κ1) is 26.0. The maximum Gasteiger partial charge on any atom is 0.340 e. The summed E-state index contributed by atoms with van der Waals surface area (Å²) in [6.45, 7) is 5.59. The zero-order chi connectivity index (χ0) is 26.7. The summed E-state index contributed by atoms with van der Waals surface area (Å²) in [5, 5.41) is 12.0. The highest BCUT2D eigenvalue weighted by Crippen LogP contribution is 2.49. The molecule has 0 saturated heterocycles. The molecule has 190 valence electrons. The maximum absolute atomic E-state index is 13.4. The summed E-state index contributed by atoms with van der Waals surface area (Å²) in [6.07, 6.45) is 0.635. The number of benzene rings is 2. The number of non-ortho nitro benzene ring substituents is 1. The normalized spacial score (nSPS) is 18.4. The predicted molar refractivity (Wildman–Crippen MR) is 137 cm³/mol. The van der Waals surface area contributed by atoms with Crippen LogP contribution in [0.5, 0.6) is 0 Å². The van der Waals surface area contributed by atoms with Crippen LogP contribution in [0.15, 0.2) is 81.3 Å². The van der Waals surface area contributed by atoms with Gasteiger partial charge in [-0.2, -0.15) is 4.99 Å². The van der Waals surface area contributed by atoms with Crippen LogP contribution < -0.4 is 0 Å². The molecular formula is C27H24ClN3O6. The summed E-state index contributed by atoms with van der Waals surface area (Å²) >= 11 is 5.92. The third kappa shape index (κ3) is 5.69. The number of carbonyl (C=O) groups is 2. The number of carbonyl (C=O) groups excluding carboxylic acids is 2. The number of nitro benzene ring substituents is 1. The molecule has 9 nitrogen and oxygen atoms in total. The minimum absolute atomic E-state index is 0.0482. The van der Waals surface area contributed by atoms with Crippen LogP contribution in [0.2, 0.25) is 5.02 Å². The van der Waals surface area contributed by atoms with Crippen LogP contribution in [0, 0.1) is 15.5 Å². The van der Waals surface area contributed by atoms with Crippen LogP contribution in [-0.2, 0) is 19.1 Å². The lowest BCUT2D eigenvalue weighted by molar-refractivity contribution is -0.384. The monoisotopic (exact) mass is 521 g/mol. The molecule has 0 N–H and O–H groups in total. The molecule has 0 bridgehead atoms. The number of nitrogens with zero attached hydrogens (tertiary/aromatic N) is 3. The highest BCUT2D eigenvalue weighted by Gasteiger charge is 2.45. The van der Waals surface area contributed by atoms with Gasteiger partial charge in [0, 0.05) is 35.6 Å². The molecule has 0 saturated carbocycles. The fourth-order valence-electron chi connectivity index (χ4n) is 4.42. The largest absolute Gasteiger partial charge is 0.462 e. The van der Waals surface area contributed by atoms with Gasteiger partial charge >= 0.3 is 5.97 Å². The fourth-order valence-corrected chi connectivity index (χ4v) is 4.55. The Bertz CT molecular complexity index is 1400. The first-order valence-electron chi connectivity index (χ1n) is 11.6. The van der Waals surface area contributed by atoms with E-state index in [1.165, 1.54) is 18.2 Å². The molecule has 2 aromatic rings. The molecular weight excluding hydrogens is 498 g/mol. The number of aliphatic imine (C=N–C) groups is 2. The van der Waals surface area contributed by atoms with Crippen LogP contribution in [0.4, 0.5) is 11.4 Å². The maximum atomic E-state index is 13.4. The van der Waals surface area contributed by atoms with Gasteiger partial charge in [0.05, 0.1) is 23.1 Å². The van der Waals surface area contributed by atoms with E-state index in [-0.39, 0.29) is 41.5 Å². The average Bonchev–Trinajstić information content (AvgIpc) is 2.83. The van der Waals surface area contributed by atoms with E-state index >= 15 is 0 Å². The van der Waals surface area contributed by atoms with Crippen LogP contribution >= 0.6 is 11.6 Å². The van der Waals surface area contributed by atoms with E-state index in [9.17, 15) is 19.7 Å². The second-order valence-electron chi connectivity index (χ2n) is 9.40. The van der Waals surface area contributed by atoms with Crippen molar-refractivity contribution in [1.29, 1.82) is 0 Å². The van der Waals surface area contributed by atoms with E-state index in [0.29, 0.717) is 28.5 Å². The molecule has 1 aliphatic heterocycles. The molecule has 0 fully saturated rings. The van der Waals surface area contributed by atoms with Crippen LogP contribution in [0.25, 0.3) is 0 Å². The van der Waals surface area contributed by atoms with Crippen molar-refractivity contribution in [3.63, 3.8) is 0 Å². The number of allylic oxidation sites excluding steroid dienone is 2. The van der Waals surface area contributed by atoms with Crippen molar-refractivity contribution < 1.29 is 24.0 Å². The van der Waals surface area contributed by atoms with Gasteiger partial charge < -0.3 is 9.47 Å². The molecule has 1 aliphatic carbocycles. The Morgan fingerprint density at radius 3 is 2.62 bits per heavy atom. The smallest absolute Gasteiger partial charge is 0.340 e. The van der Waals surface area contributed by atoms with Crippen molar-refractivity contribution >= 4 is 40.7 Å². The molecule has 0 amide bonds. The number of Topliss-reactive ketones (excluding diaryl/α,β-unsaturated/α-hetero) is 1. The Morgan fingerprint density at radius 1 is 1.22 bits per heavy atom. The summed E-state index contributed by atoms with van der Waals surface area (Å²) in [4.78, 5) is 45.9. The summed E-state index contributed by atoms with van der Waals surface area (Å²) in [5.74, 6) is -1.70. The molecule has 2 aliphatic rings. The van der Waals surface area contributed by atoms with Gasteiger partial charge in [0.1, 0.15) is 17.3 Å². The van der Waals surface area contributed by atoms with Crippen LogP contribution in [0.3, 0.4) is 0 Å². The van der Waals surface area contributed by atoms with Gasteiger partial charge in [0.2, 0.25) is 5.88 Å². The minimum atomic E-state index is -0.970. The number of hydrogen-bond acceptors (Lipinski definition) is 8. The first-order chi connectivity index (χ1) is 17.6. The topological polar surface area (TPSA) is 120 Å². The lowest BCUT2D eigenvalue weighted by Crippen LogP contribution is -2.34. The standard InChI is InChI=1S/C27H24ClN3O6/c1-4-36-26(33)24-22(16-6-5-7-19(12-16)31(34)35)23-20(32)13-27(2,3)14-21(23)37-25(24)30-15-29-18-10-8-17(28)9-11-18/h5-12,22H,4,13-14H2,1-3H3. The molecule has 10 heteroatoms. The molecule has 0 aromatic heterocycles. The molecule has 1 atom stereocenters. The van der Waals surface area contributed by atoms with Crippen molar-refractivity contribution in [3.05, 3.63) is 92.0 Å². The first-order valence-corrected chi connectivity index (χ1v) is 12.0. The summed E-state index contributed by atoms with van der Waals surface area (Å²) in [7, 11) is 0. The van der Waals surface area contributed by atoms with E-state index in [0.717, 1.165) is 0 Å². The van der Waals surface area contributed by atoms with Crippen molar-refractivity contribution in [3.8, 4) is 0 Å². The number of halogens is 1. The fraction of sp³-hybridized carbons (Fsp3) is 0.296. The number of nitro groups is 1. The average molecular weight is 522 g/mol. The van der Waals surface area contributed by atoms with Gasteiger partial charge in [0.25, 0.3) is 5.69 Å². The van der Waals surface area contributed by atoms with Gasteiger partial charge in [-0.15, -0.1) is 4.99 Å². The molecule has 1 heterocycles. The minimum Gasteiger partial charge on any atom is -0.462 e. The molecule has 4 rings (SSSR count). The van der Waals surface area contributed by atoms with Gasteiger partial charge in [-0.25, -0.2) is 4.79 Å². The lowest BCUT2D eigenvalue weighted by atomic mass is 9.70. The van der Waals surface area contributed by atoms with Crippen molar-refractivity contribution in [2.45, 2.75) is 39.5 Å². The van der Waals surface area contributed by atoms with Crippen molar-refractivity contribution in [2.75, 3.05) is 6.61 Å². The molecule has 0 spiro atoms. The van der Waals surface area contributed by atoms with Crippen LogP contribution in [-0.4, -0.2) is 29.3 Å². The summed E-state index contributed by atoms with van der Waals surface area (Å²) in [6, 6.07) is 15.0. The molecule has 37 heavy (non-hydrogen) atoms. The highest BCUT2D eigenvalue weighted by atomic mass is 35.5. The Hall–Kier alpha value is -4.07. The molecule has 2 aromatic carbocycles. The van der Waals surface area contributed by atoms with Gasteiger partial charge in [0.15, 0.2) is 5.78 Å². The number of esters is 1. The third-order valence-electron chi connectivity index (χ3n) is 5.97. The quantitative estimate of drug-likeness (QED) is 0.191. The van der Waals surface area contributed by atoms with Gasteiger partial charge in [-0.05, 0) is 42.2 Å². The Morgan fingerprint density at radius 2 is 1.95 bits per heavy atom. The second kappa shape index (κ2) is 10.5. The Kier molecular flexibility index (Phi) is 7.38. The Labute approximate surface area is 218 Å². The third-order valence-corrected chi connectivity index (χ3v) is 6.23. The van der Waals surface area contributed by atoms with E-state index in [1.807, 2.05) is 13.8 Å². The van der Waals surface area contributed by atoms with Gasteiger partial charge in [-0.1, -0.05) is 37.6 Å². The second-order valence-corrected chi connectivity index (χ2v) is 9.84. The van der Waals surface area contributed by atoms with E-state index in [1.54, 1.807) is 37.3 Å². The zero-order valence-electron chi connectivity index (χ0n) is 20.5. The lowest BCUT2D eigenvalue weighted by Gasteiger charge is -2.37. The van der Waals surface area contributed by atoms with E-state index < -0.39 is 22.2 Å². The number of ketones is 1. The van der Waals surface area contributed by atoms with Crippen LogP contribution in [0.1, 0.15) is 45.1 Å². The zero-order valence-corrected chi connectivity index (χ0v) is 21.2. The Balaban J connectivity index is 1.92. The number of rotatable bonds is 6. The van der Waals surface area contributed by atoms with E-state index in [4.69, 9.17) is 21.1 Å². The number of ether oxygens (including phenoxy) is 2. The highest BCUT2D eigenvalue weighted by molar-refractivity contribution is 6.30. The van der Waals surface area contributed by atoms with Crippen molar-refractivity contribution in [2.24, 2.45) is 15.4 Å². The van der Waals surface area contributed by atoms with E-state index in [2.05, 4.69) is 16.0 Å². The van der Waals surface area contributed by atoms with Gasteiger partial charge in [-0.3, -0.25) is 14.9 Å². The summed E-state index contributed by atoms with van der Waals surface area (Å²) in [5.41, 5.74) is 0.558. The predicted octanol–water partition coefficient (Wildman–Crippen LogP) is 6.29.